The summed E-state index contributed by atoms with van der Waals surface area (Å²) in [6.45, 7) is 6.08. The fourth-order valence-electron chi connectivity index (χ4n) is 3.37. The van der Waals surface area contributed by atoms with Gasteiger partial charge < -0.3 is 10.2 Å². The highest BCUT2D eigenvalue weighted by molar-refractivity contribution is 7.88. The van der Waals surface area contributed by atoms with Crippen LogP contribution in [0, 0.1) is 5.92 Å². The standard InChI is InChI=1S/C15H29N3O3S/c1-13(17-9-3-4-10-17)7-8-16-15(19)14-6-5-11-18(12-14)22(2,20)21/h13-14H,3-12H2,1-2H3,(H,16,19)/t13-,14-/m1/s1. The molecule has 0 spiro atoms. The van der Waals surface area contributed by atoms with Gasteiger partial charge in [-0.2, -0.15) is 0 Å². The zero-order valence-corrected chi connectivity index (χ0v) is 14.6. The second-order valence-electron chi connectivity index (χ2n) is 6.63. The summed E-state index contributed by atoms with van der Waals surface area (Å²) in [5.74, 6) is -0.201. The number of carbonyl (C=O) groups excluding carboxylic acids is 1. The first kappa shape index (κ1) is 17.7. The van der Waals surface area contributed by atoms with Crippen LogP contribution in [0.3, 0.4) is 0 Å². The van der Waals surface area contributed by atoms with Crippen molar-refractivity contribution in [1.29, 1.82) is 0 Å². The molecule has 0 saturated carbocycles. The lowest BCUT2D eigenvalue weighted by atomic mass is 9.99. The zero-order valence-electron chi connectivity index (χ0n) is 13.8. The summed E-state index contributed by atoms with van der Waals surface area (Å²) in [5.41, 5.74) is 0. The van der Waals surface area contributed by atoms with Gasteiger partial charge in [0.05, 0.1) is 12.2 Å². The lowest BCUT2D eigenvalue weighted by Crippen LogP contribution is -2.45. The van der Waals surface area contributed by atoms with Gasteiger partial charge in [0.25, 0.3) is 0 Å². The van der Waals surface area contributed by atoms with E-state index in [1.807, 2.05) is 0 Å². The summed E-state index contributed by atoms with van der Waals surface area (Å²) in [4.78, 5) is 14.7. The Morgan fingerprint density at radius 1 is 1.23 bits per heavy atom. The molecule has 0 bridgehead atoms. The second kappa shape index (κ2) is 7.75. The van der Waals surface area contributed by atoms with Gasteiger partial charge >= 0.3 is 0 Å². The maximum absolute atomic E-state index is 12.2. The summed E-state index contributed by atoms with van der Waals surface area (Å²) in [6.07, 6.45) is 6.26. The van der Waals surface area contributed by atoms with Gasteiger partial charge in [-0.05, 0) is 52.1 Å². The minimum absolute atomic E-state index is 0.00183. The van der Waals surface area contributed by atoms with Gasteiger partial charge in [0.1, 0.15) is 0 Å². The maximum Gasteiger partial charge on any atom is 0.224 e. The molecule has 0 unspecified atom stereocenters. The molecule has 2 aliphatic heterocycles. The van der Waals surface area contributed by atoms with Crippen LogP contribution in [0.25, 0.3) is 0 Å². The largest absolute Gasteiger partial charge is 0.356 e. The molecule has 7 heteroatoms. The smallest absolute Gasteiger partial charge is 0.224 e. The average Bonchev–Trinajstić information content (AvgIpc) is 3.00. The van der Waals surface area contributed by atoms with Crippen molar-refractivity contribution < 1.29 is 13.2 Å². The Morgan fingerprint density at radius 2 is 1.91 bits per heavy atom. The average molecular weight is 331 g/mol. The van der Waals surface area contributed by atoms with E-state index < -0.39 is 10.0 Å². The highest BCUT2D eigenvalue weighted by Crippen LogP contribution is 2.19. The number of piperidine rings is 1. The first-order valence-corrected chi connectivity index (χ1v) is 10.2. The van der Waals surface area contributed by atoms with Gasteiger partial charge in [-0.25, -0.2) is 12.7 Å². The monoisotopic (exact) mass is 331 g/mol. The van der Waals surface area contributed by atoms with Crippen LogP contribution in [0.5, 0.6) is 0 Å². The van der Waals surface area contributed by atoms with E-state index in [2.05, 4.69) is 17.1 Å². The number of nitrogens with one attached hydrogen (secondary N) is 1. The van der Waals surface area contributed by atoms with Crippen LogP contribution >= 0.6 is 0 Å². The molecule has 2 fully saturated rings. The summed E-state index contributed by atoms with van der Waals surface area (Å²) in [6, 6.07) is 0.502. The third-order valence-corrected chi connectivity index (χ3v) is 6.12. The van der Waals surface area contributed by atoms with Crippen molar-refractivity contribution in [2.45, 2.75) is 45.1 Å². The predicted molar refractivity (Wildman–Crippen MR) is 87.0 cm³/mol. The van der Waals surface area contributed by atoms with Crippen LogP contribution in [0.1, 0.15) is 39.0 Å². The Hall–Kier alpha value is -0.660. The number of nitrogens with zero attached hydrogens (tertiary/aromatic N) is 2. The van der Waals surface area contributed by atoms with Crippen molar-refractivity contribution >= 4 is 15.9 Å². The molecule has 0 aromatic heterocycles. The Kier molecular flexibility index (Phi) is 6.23. The summed E-state index contributed by atoms with van der Waals surface area (Å²) in [5, 5.41) is 2.99. The Morgan fingerprint density at radius 3 is 2.55 bits per heavy atom. The van der Waals surface area contributed by atoms with Gasteiger partial charge in [0.15, 0.2) is 0 Å². The number of rotatable bonds is 6. The van der Waals surface area contributed by atoms with E-state index in [0.29, 0.717) is 25.7 Å². The van der Waals surface area contributed by atoms with Crippen LogP contribution in [0.2, 0.25) is 0 Å². The van der Waals surface area contributed by atoms with Crippen LogP contribution < -0.4 is 5.32 Å². The van der Waals surface area contributed by atoms with Gasteiger partial charge in [0, 0.05) is 25.7 Å². The molecule has 22 heavy (non-hydrogen) atoms. The first-order valence-electron chi connectivity index (χ1n) is 8.35. The number of hydrogen-bond acceptors (Lipinski definition) is 4. The maximum atomic E-state index is 12.2. The number of sulfonamides is 1. The molecule has 128 valence electrons. The molecule has 0 aliphatic carbocycles. The highest BCUT2D eigenvalue weighted by Gasteiger charge is 2.30. The van der Waals surface area contributed by atoms with Crippen molar-refractivity contribution in [1.82, 2.24) is 14.5 Å². The van der Waals surface area contributed by atoms with Gasteiger partial charge in [-0.1, -0.05) is 0 Å². The number of carbonyl (C=O) groups is 1. The summed E-state index contributed by atoms with van der Waals surface area (Å²) in [7, 11) is -3.19. The molecule has 0 aromatic rings. The lowest BCUT2D eigenvalue weighted by Gasteiger charge is -2.30. The molecular formula is C15H29N3O3S. The highest BCUT2D eigenvalue weighted by atomic mass is 32.2. The van der Waals surface area contributed by atoms with Crippen molar-refractivity contribution in [2.75, 3.05) is 39.0 Å². The molecule has 2 aliphatic rings. The number of amides is 1. The third-order valence-electron chi connectivity index (χ3n) is 4.85. The normalized spacial score (nSPS) is 26.0. The Bertz CT molecular complexity index is 474. The molecule has 6 nitrogen and oxygen atoms in total. The van der Waals surface area contributed by atoms with Crippen LogP contribution in [-0.4, -0.2) is 68.6 Å². The van der Waals surface area contributed by atoms with E-state index >= 15 is 0 Å². The number of likely N-dealkylation sites (tertiary alicyclic amines) is 1. The molecule has 1 amide bonds. The molecular weight excluding hydrogens is 302 g/mol. The minimum Gasteiger partial charge on any atom is -0.356 e. The van der Waals surface area contributed by atoms with Crippen molar-refractivity contribution in [3.8, 4) is 0 Å². The zero-order chi connectivity index (χ0) is 16.2. The molecule has 2 rings (SSSR count). The van der Waals surface area contributed by atoms with E-state index in [4.69, 9.17) is 0 Å². The molecule has 1 N–H and O–H groups in total. The quantitative estimate of drug-likeness (QED) is 0.776. The Balaban J connectivity index is 1.72. The molecule has 2 heterocycles. The molecule has 0 aromatic carbocycles. The van der Waals surface area contributed by atoms with Crippen molar-refractivity contribution in [2.24, 2.45) is 5.92 Å². The van der Waals surface area contributed by atoms with E-state index in [0.717, 1.165) is 19.3 Å². The van der Waals surface area contributed by atoms with Crippen LogP contribution in [-0.2, 0) is 14.8 Å². The fraction of sp³-hybridized carbons (Fsp3) is 0.933. The number of hydrogen-bond donors (Lipinski definition) is 1. The van der Waals surface area contributed by atoms with E-state index in [1.54, 1.807) is 0 Å². The van der Waals surface area contributed by atoms with Crippen LogP contribution in [0.15, 0.2) is 0 Å². The topological polar surface area (TPSA) is 69.7 Å². The first-order chi connectivity index (χ1) is 10.4. The van der Waals surface area contributed by atoms with Crippen molar-refractivity contribution in [3.63, 3.8) is 0 Å². The van der Waals surface area contributed by atoms with Gasteiger partial charge in [-0.15, -0.1) is 0 Å². The molecule has 2 atom stereocenters. The second-order valence-corrected chi connectivity index (χ2v) is 8.61. The van der Waals surface area contributed by atoms with E-state index in [-0.39, 0.29) is 11.8 Å². The third kappa shape index (κ3) is 4.93. The predicted octanol–water partition coefficient (Wildman–Crippen LogP) is 0.649. The SMILES string of the molecule is C[C@H](CCNC(=O)[C@@H]1CCCN(S(C)(=O)=O)C1)N1CCCC1. The van der Waals surface area contributed by atoms with Gasteiger partial charge in [0.2, 0.25) is 15.9 Å². The molecule has 2 saturated heterocycles. The van der Waals surface area contributed by atoms with E-state index in [1.165, 1.54) is 36.5 Å². The minimum atomic E-state index is -3.19. The van der Waals surface area contributed by atoms with Crippen LogP contribution in [0.4, 0.5) is 0 Å². The van der Waals surface area contributed by atoms with E-state index in [9.17, 15) is 13.2 Å². The summed E-state index contributed by atoms with van der Waals surface area (Å²) >= 11 is 0. The summed E-state index contributed by atoms with van der Waals surface area (Å²) < 4.78 is 24.6. The van der Waals surface area contributed by atoms with Crippen molar-refractivity contribution in [3.05, 3.63) is 0 Å². The van der Waals surface area contributed by atoms with Gasteiger partial charge in [-0.3, -0.25) is 4.79 Å². The Labute approximate surface area is 134 Å². The lowest BCUT2D eigenvalue weighted by molar-refractivity contribution is -0.126. The molecule has 0 radical (unpaired) electrons. The fourth-order valence-corrected chi connectivity index (χ4v) is 4.28.